The van der Waals surface area contributed by atoms with Gasteiger partial charge in [-0.15, -0.1) is 0 Å². The van der Waals surface area contributed by atoms with Crippen LogP contribution in [0.3, 0.4) is 0 Å². The summed E-state index contributed by atoms with van der Waals surface area (Å²) in [6, 6.07) is 15.2. The summed E-state index contributed by atoms with van der Waals surface area (Å²) < 4.78 is 28.6. The van der Waals surface area contributed by atoms with Crippen LogP contribution in [0.4, 0.5) is 0 Å². The molecule has 0 radical (unpaired) electrons. The fourth-order valence-corrected chi connectivity index (χ4v) is 3.31. The highest BCUT2D eigenvalue weighted by Gasteiger charge is 2.21. The van der Waals surface area contributed by atoms with Gasteiger partial charge < -0.3 is 9.64 Å². The van der Waals surface area contributed by atoms with Crippen LogP contribution in [0, 0.1) is 0 Å². The molecule has 0 spiro atoms. The normalized spacial score (nSPS) is 11.0. The number of amides is 1. The summed E-state index contributed by atoms with van der Waals surface area (Å²) in [5, 5.41) is 0. The standard InChI is InChI=1S/C19H21NO5S/c1-3-20(13-15-9-5-4-6-10-15)18(21)14-25-19(22)16-11-7-8-12-17(16)26(2,23)24/h4-12H,3,13-14H2,1-2H3. The molecule has 0 saturated heterocycles. The largest absolute Gasteiger partial charge is 0.452 e. The summed E-state index contributed by atoms with van der Waals surface area (Å²) in [7, 11) is -3.57. The third-order valence-electron chi connectivity index (χ3n) is 3.78. The van der Waals surface area contributed by atoms with Gasteiger partial charge in [-0.05, 0) is 24.6 Å². The fraction of sp³-hybridized carbons (Fsp3) is 0.263. The zero-order chi connectivity index (χ0) is 19.2. The van der Waals surface area contributed by atoms with Crippen molar-refractivity contribution in [3.05, 3.63) is 65.7 Å². The fourth-order valence-electron chi connectivity index (χ4n) is 2.44. The average Bonchev–Trinajstić information content (AvgIpc) is 2.64. The van der Waals surface area contributed by atoms with E-state index in [9.17, 15) is 18.0 Å². The first-order valence-corrected chi connectivity index (χ1v) is 10.00. The molecule has 0 saturated carbocycles. The van der Waals surface area contributed by atoms with E-state index in [1.165, 1.54) is 18.2 Å². The van der Waals surface area contributed by atoms with Crippen molar-refractivity contribution in [2.45, 2.75) is 18.4 Å². The minimum absolute atomic E-state index is 0.0751. The molecule has 0 aliphatic carbocycles. The first kappa shape index (κ1) is 19.7. The number of benzene rings is 2. The Bertz CT molecular complexity index is 878. The molecule has 26 heavy (non-hydrogen) atoms. The van der Waals surface area contributed by atoms with Gasteiger partial charge in [-0.2, -0.15) is 0 Å². The molecule has 0 atom stereocenters. The van der Waals surface area contributed by atoms with Crippen molar-refractivity contribution in [3.8, 4) is 0 Å². The van der Waals surface area contributed by atoms with E-state index in [0.717, 1.165) is 11.8 Å². The molecule has 2 aromatic carbocycles. The molecule has 0 fully saturated rings. The van der Waals surface area contributed by atoms with Gasteiger partial charge in [0.1, 0.15) is 0 Å². The zero-order valence-corrected chi connectivity index (χ0v) is 15.5. The minimum atomic E-state index is -3.57. The number of rotatable bonds is 7. The first-order valence-electron chi connectivity index (χ1n) is 8.11. The lowest BCUT2D eigenvalue weighted by Crippen LogP contribution is -2.34. The van der Waals surface area contributed by atoms with Crippen LogP contribution in [-0.4, -0.2) is 44.6 Å². The van der Waals surface area contributed by atoms with Crippen molar-refractivity contribution in [1.29, 1.82) is 0 Å². The Kier molecular flexibility index (Phi) is 6.52. The monoisotopic (exact) mass is 375 g/mol. The molecule has 0 heterocycles. The van der Waals surface area contributed by atoms with Gasteiger partial charge in [0.05, 0.1) is 10.5 Å². The Hall–Kier alpha value is -2.67. The molecule has 7 heteroatoms. The van der Waals surface area contributed by atoms with Crippen LogP contribution in [-0.2, 0) is 25.9 Å². The number of ether oxygens (including phenoxy) is 1. The van der Waals surface area contributed by atoms with Gasteiger partial charge in [-0.3, -0.25) is 4.79 Å². The Morgan fingerprint density at radius 2 is 1.62 bits per heavy atom. The number of nitrogens with zero attached hydrogens (tertiary/aromatic N) is 1. The van der Waals surface area contributed by atoms with Gasteiger partial charge in [0.15, 0.2) is 16.4 Å². The van der Waals surface area contributed by atoms with E-state index in [4.69, 9.17) is 4.74 Å². The van der Waals surface area contributed by atoms with Crippen LogP contribution in [0.15, 0.2) is 59.5 Å². The molecule has 2 rings (SSSR count). The van der Waals surface area contributed by atoms with Gasteiger partial charge in [0.2, 0.25) is 0 Å². The number of sulfone groups is 1. The predicted molar refractivity (Wildman–Crippen MR) is 97.4 cm³/mol. The Balaban J connectivity index is 2.03. The van der Waals surface area contributed by atoms with E-state index in [1.54, 1.807) is 11.0 Å². The molecular formula is C19H21NO5S. The van der Waals surface area contributed by atoms with Gasteiger partial charge in [0.25, 0.3) is 5.91 Å². The maximum absolute atomic E-state index is 12.3. The molecule has 0 bridgehead atoms. The third-order valence-corrected chi connectivity index (χ3v) is 4.94. The second-order valence-electron chi connectivity index (χ2n) is 5.74. The summed E-state index contributed by atoms with van der Waals surface area (Å²) in [4.78, 5) is 26.0. The van der Waals surface area contributed by atoms with Crippen molar-refractivity contribution in [1.82, 2.24) is 4.90 Å². The van der Waals surface area contributed by atoms with Crippen LogP contribution in [0.25, 0.3) is 0 Å². The number of esters is 1. The first-order chi connectivity index (χ1) is 12.3. The third kappa shape index (κ3) is 5.16. The topological polar surface area (TPSA) is 80.8 Å². The van der Waals surface area contributed by atoms with Crippen LogP contribution in [0.2, 0.25) is 0 Å². The molecule has 0 aliphatic heterocycles. The smallest absolute Gasteiger partial charge is 0.339 e. The van der Waals surface area contributed by atoms with Crippen molar-refractivity contribution < 1.29 is 22.7 Å². The van der Waals surface area contributed by atoms with E-state index in [2.05, 4.69) is 0 Å². The van der Waals surface area contributed by atoms with Gasteiger partial charge in [-0.1, -0.05) is 42.5 Å². The quantitative estimate of drug-likeness (QED) is 0.694. The number of hydrogen-bond donors (Lipinski definition) is 0. The predicted octanol–water partition coefficient (Wildman–Crippen LogP) is 2.30. The maximum atomic E-state index is 12.3. The van der Waals surface area contributed by atoms with Crippen molar-refractivity contribution in [3.63, 3.8) is 0 Å². The van der Waals surface area contributed by atoms with Crippen molar-refractivity contribution >= 4 is 21.7 Å². The lowest BCUT2D eigenvalue weighted by Gasteiger charge is -2.21. The Labute approximate surface area is 153 Å². The highest BCUT2D eigenvalue weighted by Crippen LogP contribution is 2.16. The molecule has 2 aromatic rings. The highest BCUT2D eigenvalue weighted by molar-refractivity contribution is 7.90. The highest BCUT2D eigenvalue weighted by atomic mass is 32.2. The van der Waals surface area contributed by atoms with Crippen molar-refractivity contribution in [2.24, 2.45) is 0 Å². The molecule has 1 amide bonds. The summed E-state index contributed by atoms with van der Waals surface area (Å²) in [5.41, 5.74) is 0.894. The van der Waals surface area contributed by atoms with Gasteiger partial charge in [0, 0.05) is 19.3 Å². The zero-order valence-electron chi connectivity index (χ0n) is 14.7. The Morgan fingerprint density at radius 3 is 2.23 bits per heavy atom. The molecule has 6 nitrogen and oxygen atoms in total. The lowest BCUT2D eigenvalue weighted by atomic mass is 10.2. The van der Waals surface area contributed by atoms with Crippen molar-refractivity contribution in [2.75, 3.05) is 19.4 Å². The average molecular weight is 375 g/mol. The SMILES string of the molecule is CCN(Cc1ccccc1)C(=O)COC(=O)c1ccccc1S(C)(=O)=O. The lowest BCUT2D eigenvalue weighted by molar-refractivity contribution is -0.134. The summed E-state index contributed by atoms with van der Waals surface area (Å²) in [5.74, 6) is -1.18. The van der Waals surface area contributed by atoms with Crippen LogP contribution in [0.1, 0.15) is 22.8 Å². The number of likely N-dealkylation sites (N-methyl/N-ethyl adjacent to an activating group) is 1. The van der Waals surface area contributed by atoms with E-state index >= 15 is 0 Å². The van der Waals surface area contributed by atoms with Gasteiger partial charge in [-0.25, -0.2) is 13.2 Å². The second kappa shape index (κ2) is 8.62. The second-order valence-corrected chi connectivity index (χ2v) is 7.72. The Morgan fingerprint density at radius 1 is 1.00 bits per heavy atom. The summed E-state index contributed by atoms with van der Waals surface area (Å²) in [6.45, 7) is 2.26. The van der Waals surface area contributed by atoms with Gasteiger partial charge >= 0.3 is 5.97 Å². The maximum Gasteiger partial charge on any atom is 0.339 e. The molecule has 138 valence electrons. The summed E-state index contributed by atoms with van der Waals surface area (Å²) >= 11 is 0. The van der Waals surface area contributed by atoms with Crippen LogP contribution < -0.4 is 0 Å². The molecule has 0 aromatic heterocycles. The van der Waals surface area contributed by atoms with E-state index in [-0.39, 0.29) is 16.4 Å². The summed E-state index contributed by atoms with van der Waals surface area (Å²) in [6.07, 6.45) is 1.02. The number of hydrogen-bond acceptors (Lipinski definition) is 5. The van der Waals surface area contributed by atoms with E-state index < -0.39 is 22.4 Å². The molecule has 0 N–H and O–H groups in total. The van der Waals surface area contributed by atoms with E-state index in [1.807, 2.05) is 37.3 Å². The molecule has 0 unspecified atom stereocenters. The molecule has 0 aliphatic rings. The number of carbonyl (C=O) groups is 2. The van der Waals surface area contributed by atoms with Crippen LogP contribution >= 0.6 is 0 Å². The number of carbonyl (C=O) groups excluding carboxylic acids is 2. The molecular weight excluding hydrogens is 354 g/mol. The minimum Gasteiger partial charge on any atom is -0.452 e. The van der Waals surface area contributed by atoms with E-state index in [0.29, 0.717) is 13.1 Å². The van der Waals surface area contributed by atoms with Crippen LogP contribution in [0.5, 0.6) is 0 Å².